The zero-order valence-corrected chi connectivity index (χ0v) is 10.4. The molecule has 2 aliphatic rings. The number of hydrogen-bond donors (Lipinski definition) is 0. The predicted octanol–water partition coefficient (Wildman–Crippen LogP) is 2.27. The van der Waals surface area contributed by atoms with Crippen LogP contribution < -0.4 is 0 Å². The number of carbonyl (C=O) groups excluding carboxylic acids is 1. The highest BCUT2D eigenvalue weighted by Crippen LogP contribution is 2.46. The average Bonchev–Trinajstić information content (AvgIpc) is 2.67. The van der Waals surface area contributed by atoms with Crippen LogP contribution >= 0.6 is 0 Å². The fraction of sp³-hybridized carbons (Fsp3) is 0.500. The van der Waals surface area contributed by atoms with E-state index in [2.05, 4.69) is 13.2 Å². The summed E-state index contributed by atoms with van der Waals surface area (Å²) in [5.74, 6) is 1.02. The summed E-state index contributed by atoms with van der Waals surface area (Å²) < 4.78 is 5.68. The van der Waals surface area contributed by atoms with Crippen molar-refractivity contribution in [1.29, 1.82) is 0 Å². The van der Waals surface area contributed by atoms with Crippen molar-refractivity contribution >= 4 is 5.91 Å². The van der Waals surface area contributed by atoms with Gasteiger partial charge in [0, 0.05) is 31.0 Å². The maximum Gasteiger partial charge on any atom is 0.219 e. The third-order valence-electron chi connectivity index (χ3n) is 3.90. The average molecular weight is 233 g/mol. The Kier molecular flexibility index (Phi) is 3.09. The van der Waals surface area contributed by atoms with Gasteiger partial charge in [-0.1, -0.05) is 19.2 Å². The Morgan fingerprint density at radius 1 is 1.35 bits per heavy atom. The SMILES string of the molecule is C=CC1=C(C=C)C2(CCN(C(C)=O)CC2)CO1. The molecule has 92 valence electrons. The zero-order valence-electron chi connectivity index (χ0n) is 10.4. The Balaban J connectivity index is 2.18. The number of ether oxygens (including phenoxy) is 1. The van der Waals surface area contributed by atoms with E-state index in [4.69, 9.17) is 4.74 Å². The number of carbonyl (C=O) groups is 1. The van der Waals surface area contributed by atoms with Crippen LogP contribution in [0.25, 0.3) is 0 Å². The highest BCUT2D eigenvalue weighted by atomic mass is 16.5. The van der Waals surface area contributed by atoms with Gasteiger partial charge in [-0.25, -0.2) is 0 Å². The molecule has 2 rings (SSSR count). The number of likely N-dealkylation sites (tertiary alicyclic amines) is 1. The molecule has 0 atom stereocenters. The van der Waals surface area contributed by atoms with E-state index < -0.39 is 0 Å². The summed E-state index contributed by atoms with van der Waals surface area (Å²) in [5.41, 5.74) is 1.22. The van der Waals surface area contributed by atoms with Crippen molar-refractivity contribution in [2.75, 3.05) is 19.7 Å². The molecular formula is C14H19NO2. The number of rotatable bonds is 2. The third-order valence-corrected chi connectivity index (χ3v) is 3.90. The first-order valence-electron chi connectivity index (χ1n) is 6.01. The molecule has 1 spiro atoms. The molecule has 0 aromatic carbocycles. The van der Waals surface area contributed by atoms with Crippen LogP contribution in [0.1, 0.15) is 19.8 Å². The molecule has 0 aliphatic carbocycles. The molecule has 0 unspecified atom stereocenters. The normalized spacial score (nSPS) is 22.5. The summed E-state index contributed by atoms with van der Waals surface area (Å²) in [6, 6.07) is 0. The van der Waals surface area contributed by atoms with E-state index >= 15 is 0 Å². The van der Waals surface area contributed by atoms with E-state index in [0.717, 1.165) is 37.3 Å². The van der Waals surface area contributed by atoms with Gasteiger partial charge in [0.05, 0.1) is 6.61 Å². The Hall–Kier alpha value is -1.51. The summed E-state index contributed by atoms with van der Waals surface area (Å²) in [4.78, 5) is 13.2. The monoisotopic (exact) mass is 233 g/mol. The van der Waals surface area contributed by atoms with Crippen LogP contribution in [0, 0.1) is 5.41 Å². The van der Waals surface area contributed by atoms with Gasteiger partial charge in [-0.2, -0.15) is 0 Å². The minimum absolute atomic E-state index is 0.0528. The molecule has 0 N–H and O–H groups in total. The summed E-state index contributed by atoms with van der Waals surface area (Å²) in [7, 11) is 0. The highest BCUT2D eigenvalue weighted by Gasteiger charge is 2.43. The lowest BCUT2D eigenvalue weighted by Crippen LogP contribution is -2.43. The van der Waals surface area contributed by atoms with Gasteiger partial charge in [-0.3, -0.25) is 4.79 Å². The smallest absolute Gasteiger partial charge is 0.219 e. The first-order valence-corrected chi connectivity index (χ1v) is 6.01. The van der Waals surface area contributed by atoms with Gasteiger partial charge in [-0.15, -0.1) is 0 Å². The first kappa shape index (κ1) is 12.0. The van der Waals surface area contributed by atoms with Crippen LogP contribution in [-0.4, -0.2) is 30.5 Å². The second-order valence-electron chi connectivity index (χ2n) is 4.76. The minimum Gasteiger partial charge on any atom is -0.492 e. The lowest BCUT2D eigenvalue weighted by Gasteiger charge is -2.38. The van der Waals surface area contributed by atoms with Crippen LogP contribution in [0.3, 0.4) is 0 Å². The van der Waals surface area contributed by atoms with Crippen molar-refractivity contribution < 1.29 is 9.53 Å². The van der Waals surface area contributed by atoms with Gasteiger partial charge in [0.2, 0.25) is 5.91 Å². The van der Waals surface area contributed by atoms with Gasteiger partial charge >= 0.3 is 0 Å². The van der Waals surface area contributed by atoms with Crippen LogP contribution in [0.2, 0.25) is 0 Å². The van der Waals surface area contributed by atoms with Gasteiger partial charge in [0.15, 0.2) is 0 Å². The van der Waals surface area contributed by atoms with Crippen LogP contribution in [0.5, 0.6) is 0 Å². The minimum atomic E-state index is 0.0528. The molecule has 1 fully saturated rings. The van der Waals surface area contributed by atoms with Crippen molar-refractivity contribution in [2.45, 2.75) is 19.8 Å². The maximum absolute atomic E-state index is 11.3. The summed E-state index contributed by atoms with van der Waals surface area (Å²) in [6.45, 7) is 11.6. The number of piperidine rings is 1. The van der Waals surface area contributed by atoms with Gasteiger partial charge < -0.3 is 9.64 Å². The molecule has 0 radical (unpaired) electrons. The number of nitrogens with zero attached hydrogens (tertiary/aromatic N) is 1. The second-order valence-corrected chi connectivity index (χ2v) is 4.76. The van der Waals surface area contributed by atoms with Crippen LogP contribution in [0.4, 0.5) is 0 Å². The molecule has 3 nitrogen and oxygen atoms in total. The first-order chi connectivity index (χ1) is 8.13. The molecule has 2 heterocycles. The van der Waals surface area contributed by atoms with Gasteiger partial charge in [-0.05, 0) is 18.9 Å². The maximum atomic E-state index is 11.3. The van der Waals surface area contributed by atoms with Crippen molar-refractivity contribution in [3.63, 3.8) is 0 Å². The molecule has 0 aromatic heterocycles. The molecular weight excluding hydrogens is 214 g/mol. The zero-order chi connectivity index (χ0) is 12.5. The van der Waals surface area contributed by atoms with Gasteiger partial charge in [0.25, 0.3) is 0 Å². The Bertz CT molecular complexity index is 387. The number of allylic oxidation sites excluding steroid dienone is 2. The second kappa shape index (κ2) is 4.40. The van der Waals surface area contributed by atoms with Crippen LogP contribution in [0.15, 0.2) is 36.6 Å². The highest BCUT2D eigenvalue weighted by molar-refractivity contribution is 5.73. The molecule has 3 heteroatoms. The molecule has 2 aliphatic heterocycles. The Morgan fingerprint density at radius 2 is 2.00 bits per heavy atom. The van der Waals surface area contributed by atoms with Crippen molar-refractivity contribution in [3.05, 3.63) is 36.6 Å². The third kappa shape index (κ3) is 1.90. The van der Waals surface area contributed by atoms with Crippen LogP contribution in [-0.2, 0) is 9.53 Å². The fourth-order valence-electron chi connectivity index (χ4n) is 2.78. The van der Waals surface area contributed by atoms with Crippen molar-refractivity contribution in [3.8, 4) is 0 Å². The fourth-order valence-corrected chi connectivity index (χ4v) is 2.78. The molecule has 1 saturated heterocycles. The van der Waals surface area contributed by atoms with E-state index in [0.29, 0.717) is 6.61 Å². The van der Waals surface area contributed by atoms with E-state index in [-0.39, 0.29) is 11.3 Å². The number of amides is 1. The molecule has 0 bridgehead atoms. The molecule has 1 amide bonds. The van der Waals surface area contributed by atoms with E-state index in [1.165, 1.54) is 0 Å². The Morgan fingerprint density at radius 3 is 2.47 bits per heavy atom. The van der Waals surface area contributed by atoms with E-state index in [9.17, 15) is 4.79 Å². The van der Waals surface area contributed by atoms with Crippen molar-refractivity contribution in [2.24, 2.45) is 5.41 Å². The van der Waals surface area contributed by atoms with E-state index in [1.54, 1.807) is 13.0 Å². The largest absolute Gasteiger partial charge is 0.492 e. The lowest BCUT2D eigenvalue weighted by atomic mass is 9.73. The summed E-state index contributed by atoms with van der Waals surface area (Å²) in [5, 5.41) is 0. The quantitative estimate of drug-likeness (QED) is 0.732. The molecule has 0 saturated carbocycles. The number of hydrogen-bond acceptors (Lipinski definition) is 2. The van der Waals surface area contributed by atoms with Gasteiger partial charge in [0.1, 0.15) is 5.76 Å². The molecule has 17 heavy (non-hydrogen) atoms. The predicted molar refractivity (Wildman–Crippen MR) is 67.3 cm³/mol. The van der Waals surface area contributed by atoms with Crippen molar-refractivity contribution in [1.82, 2.24) is 4.90 Å². The van der Waals surface area contributed by atoms with E-state index in [1.807, 2.05) is 11.0 Å². The topological polar surface area (TPSA) is 29.5 Å². The summed E-state index contributed by atoms with van der Waals surface area (Å²) >= 11 is 0. The Labute approximate surface area is 102 Å². The molecule has 0 aromatic rings. The lowest BCUT2D eigenvalue weighted by molar-refractivity contribution is -0.130. The standard InChI is InChI=1S/C14H19NO2/c1-4-12-13(5-2)17-10-14(12)6-8-15(9-7-14)11(3)16/h4-5H,1-2,6-10H2,3H3. The summed E-state index contributed by atoms with van der Waals surface area (Å²) in [6.07, 6.45) is 5.53.